The van der Waals surface area contributed by atoms with E-state index in [1.165, 1.54) is 142 Å². The number of nitrogens with zero attached hydrogens (tertiary/aromatic N) is 11. The summed E-state index contributed by atoms with van der Waals surface area (Å²) in [6.45, 7) is 0. The van der Waals surface area contributed by atoms with E-state index in [2.05, 4.69) is 447 Å². The number of aromatic nitrogens is 11. The molecule has 0 N–H and O–H groups in total. The van der Waals surface area contributed by atoms with Crippen molar-refractivity contribution in [1.82, 2.24) is 55.3 Å². The van der Waals surface area contributed by atoms with Crippen molar-refractivity contribution in [3.05, 3.63) is 444 Å². The molecule has 0 aliphatic rings. The normalized spacial score (nSPS) is 11.6. The maximum absolute atomic E-state index is 5.54. The lowest BCUT2D eigenvalue weighted by Gasteiger charge is -2.17. The minimum absolute atomic E-state index is 0.762. The third-order valence-corrected chi connectivity index (χ3v) is 25.9. The van der Waals surface area contributed by atoms with E-state index in [9.17, 15) is 0 Å². The lowest BCUT2D eigenvalue weighted by molar-refractivity contribution is 1.02. The second kappa shape index (κ2) is 32.2. The smallest absolute Gasteiger partial charge is 0.138 e. The van der Waals surface area contributed by atoms with Crippen LogP contribution in [0.3, 0.4) is 0 Å². The SMILES string of the molecule is c1ccc2c(-c3cc(-c4ccc5ncncc5c4)cc(-c4c5ccccc5cc5ccccc45)n3)c3ccccc3cc2c1.c1ccc2cc3c(-c4cc(-c5ccc6ncnnc6c5)cc(-c5cccc6cc7ccccc7cc56)n4)cccc3cc2c1.c1ccc2cc3cc(-c4cc(-c5ccc6ncnnc6c5)cc(-c5ccc6cc7ccccc7cc6c5)n4)ccc3cc2c1. The standard InChI is InChI=1S/C41H25N3.2C40H24N4/c1-5-13-33-27(9-1)20-28-10-2-6-14-34(28)40(33)38-22-31(26-17-18-37-32(19-26)24-42-25-43-37)23-39(44-38)41-35-15-7-3-11-29(35)21-30-12-4-8-16-36(30)41;1-3-9-27-19-35-30(17-25(27)7-1)11-5-13-33(35)38-22-32(29-15-16-37-40(21-29)44-42-24-41-37)23-39(43-38)34-14-6-12-31-18-26-8-2-4-10-28(26)20-36(31)34;1-3-7-27-17-34-19-32(11-9-29(34)15-25(27)5-1)38-22-36(31-13-14-37-40(21-31)44-42-24-41-37)23-39(43-38)33-12-10-30-16-26-6-2-4-8-28(26)18-35(30)20-33/h1-25H;2*1-24H. The second-order valence-electron chi connectivity index (χ2n) is 33.9. The van der Waals surface area contributed by atoms with Crippen LogP contribution in [0.4, 0.5) is 0 Å². The third kappa shape index (κ3) is 14.2. The molecule has 11 heteroatoms. The molecule has 0 aliphatic heterocycles. The fraction of sp³-hybridized carbons (Fsp3) is 0. The van der Waals surface area contributed by atoms with Crippen LogP contribution >= 0.6 is 0 Å². The summed E-state index contributed by atoms with van der Waals surface area (Å²) < 4.78 is 0. The minimum Gasteiger partial charge on any atom is -0.248 e. The first-order chi connectivity index (χ1) is 65.3. The van der Waals surface area contributed by atoms with Crippen LogP contribution in [-0.4, -0.2) is 55.3 Å². The van der Waals surface area contributed by atoms with Gasteiger partial charge in [0, 0.05) is 45.0 Å². The van der Waals surface area contributed by atoms with Gasteiger partial charge in [-0.25, -0.2) is 34.9 Å². The Bertz CT molecular complexity index is 8900. The van der Waals surface area contributed by atoms with Gasteiger partial charge in [0.15, 0.2) is 0 Å². The highest BCUT2D eigenvalue weighted by atomic mass is 15.1. The highest BCUT2D eigenvalue weighted by Gasteiger charge is 2.22. The summed E-state index contributed by atoms with van der Waals surface area (Å²) in [5.41, 5.74) is 22.8. The number of pyridine rings is 3. The molecule has 0 aliphatic carbocycles. The fourth-order valence-electron chi connectivity index (χ4n) is 19.4. The highest BCUT2D eigenvalue weighted by molar-refractivity contribution is 6.16. The molecule has 0 saturated heterocycles. The van der Waals surface area contributed by atoms with E-state index in [-0.39, 0.29) is 0 Å². The Kier molecular flexibility index (Phi) is 18.7. The second-order valence-corrected chi connectivity index (χ2v) is 33.9. The monoisotopic (exact) mass is 1680 g/mol. The van der Waals surface area contributed by atoms with E-state index in [0.29, 0.717) is 0 Å². The first-order valence-electron chi connectivity index (χ1n) is 44.2. The van der Waals surface area contributed by atoms with Crippen molar-refractivity contribution in [2.24, 2.45) is 0 Å². The van der Waals surface area contributed by atoms with Gasteiger partial charge in [0.05, 0.1) is 50.7 Å². The molecule has 0 unspecified atom stereocenters. The lowest BCUT2D eigenvalue weighted by Crippen LogP contribution is -1.95. The molecule has 132 heavy (non-hydrogen) atoms. The lowest BCUT2D eigenvalue weighted by atomic mass is 9.90. The molecule has 612 valence electrons. The van der Waals surface area contributed by atoms with Gasteiger partial charge >= 0.3 is 0 Å². The van der Waals surface area contributed by atoms with Crippen LogP contribution < -0.4 is 0 Å². The Balaban J connectivity index is 0.000000106. The van der Waals surface area contributed by atoms with Gasteiger partial charge in [0.2, 0.25) is 0 Å². The summed E-state index contributed by atoms with van der Waals surface area (Å²) in [5.74, 6) is 0. The van der Waals surface area contributed by atoms with Crippen LogP contribution in [0.1, 0.15) is 0 Å². The summed E-state index contributed by atoms with van der Waals surface area (Å²) in [4.78, 5) is 33.7. The Labute approximate surface area is 757 Å². The van der Waals surface area contributed by atoms with Crippen molar-refractivity contribution in [2.75, 3.05) is 0 Å². The third-order valence-electron chi connectivity index (χ3n) is 25.9. The van der Waals surface area contributed by atoms with Crippen molar-refractivity contribution in [1.29, 1.82) is 0 Å². The first-order valence-corrected chi connectivity index (χ1v) is 44.2. The Morgan fingerprint density at radius 3 is 0.864 bits per heavy atom. The predicted octanol–water partition coefficient (Wildman–Crippen LogP) is 30.7. The molecule has 11 nitrogen and oxygen atoms in total. The number of benzene rings is 21. The van der Waals surface area contributed by atoms with Crippen LogP contribution in [0.5, 0.6) is 0 Å². The van der Waals surface area contributed by atoms with Crippen molar-refractivity contribution in [3.8, 4) is 101 Å². The van der Waals surface area contributed by atoms with Crippen molar-refractivity contribution in [2.45, 2.75) is 0 Å². The van der Waals surface area contributed by atoms with Crippen molar-refractivity contribution < 1.29 is 0 Å². The highest BCUT2D eigenvalue weighted by Crippen LogP contribution is 2.45. The molecule has 21 aromatic carbocycles. The summed E-state index contributed by atoms with van der Waals surface area (Å²) in [6.07, 6.45) is 6.45. The molecule has 0 bridgehead atoms. The zero-order valence-corrected chi connectivity index (χ0v) is 71.1. The fourth-order valence-corrected chi connectivity index (χ4v) is 19.4. The van der Waals surface area contributed by atoms with Gasteiger partial charge in [-0.05, 0) is 308 Å². The largest absolute Gasteiger partial charge is 0.248 e. The molecule has 0 atom stereocenters. The van der Waals surface area contributed by atoms with Crippen LogP contribution in [0.2, 0.25) is 0 Å². The molecule has 0 spiro atoms. The van der Waals surface area contributed by atoms with Gasteiger partial charge in [-0.3, -0.25) is 0 Å². The minimum atomic E-state index is 0.762. The molecular weight excluding hydrogens is 1610 g/mol. The van der Waals surface area contributed by atoms with Crippen LogP contribution in [0, 0.1) is 0 Å². The van der Waals surface area contributed by atoms with Crippen molar-refractivity contribution in [3.63, 3.8) is 0 Å². The molecule has 27 rings (SSSR count). The van der Waals surface area contributed by atoms with E-state index < -0.39 is 0 Å². The van der Waals surface area contributed by atoms with Gasteiger partial charge in [-0.2, -0.15) is 0 Å². The molecular formula is C121H73N11. The van der Waals surface area contributed by atoms with Crippen LogP contribution in [0.15, 0.2) is 444 Å². The first kappa shape index (κ1) is 76.5. The maximum atomic E-state index is 5.54. The van der Waals surface area contributed by atoms with E-state index >= 15 is 0 Å². The Hall–Kier alpha value is -17.9. The summed E-state index contributed by atoms with van der Waals surface area (Å²) in [7, 11) is 0. The van der Waals surface area contributed by atoms with Crippen molar-refractivity contribution >= 4 is 162 Å². The van der Waals surface area contributed by atoms with E-state index in [4.69, 9.17) is 15.0 Å². The summed E-state index contributed by atoms with van der Waals surface area (Å²) in [5, 5.41) is 46.7. The average Bonchev–Trinajstić information content (AvgIpc) is 0.772. The number of hydrogen-bond acceptors (Lipinski definition) is 11. The quantitative estimate of drug-likeness (QED) is 0.127. The molecule has 27 aromatic rings. The number of hydrogen-bond donors (Lipinski definition) is 0. The molecule has 6 heterocycles. The van der Waals surface area contributed by atoms with E-state index in [1.807, 2.05) is 18.3 Å². The molecule has 6 aromatic heterocycles. The van der Waals surface area contributed by atoms with Gasteiger partial charge in [-0.15, -0.1) is 20.4 Å². The van der Waals surface area contributed by atoms with Gasteiger partial charge in [0.25, 0.3) is 0 Å². The molecule has 0 saturated carbocycles. The summed E-state index contributed by atoms with van der Waals surface area (Å²) >= 11 is 0. The van der Waals surface area contributed by atoms with E-state index in [0.717, 1.165) is 134 Å². The van der Waals surface area contributed by atoms with Crippen LogP contribution in [0.25, 0.3) is 263 Å². The number of rotatable bonds is 9. The zero-order valence-electron chi connectivity index (χ0n) is 71.1. The molecule has 0 amide bonds. The van der Waals surface area contributed by atoms with Gasteiger partial charge < -0.3 is 0 Å². The van der Waals surface area contributed by atoms with Gasteiger partial charge in [-0.1, -0.05) is 273 Å². The predicted molar refractivity (Wildman–Crippen MR) is 547 cm³/mol. The average molecular weight is 1680 g/mol. The topological polar surface area (TPSA) is 142 Å². The number of fused-ring (bicyclic) bond motifs is 15. The van der Waals surface area contributed by atoms with E-state index in [1.54, 1.807) is 6.33 Å². The Morgan fingerprint density at radius 1 is 0.152 bits per heavy atom. The molecule has 0 fully saturated rings. The Morgan fingerprint density at radius 2 is 0.439 bits per heavy atom. The maximum Gasteiger partial charge on any atom is 0.138 e. The van der Waals surface area contributed by atoms with Gasteiger partial charge in [0.1, 0.15) is 30.0 Å². The molecule has 0 radical (unpaired) electrons. The summed E-state index contributed by atoms with van der Waals surface area (Å²) in [6, 6.07) is 149. The van der Waals surface area contributed by atoms with Crippen LogP contribution in [-0.2, 0) is 0 Å². The zero-order chi connectivity index (χ0) is 87.1.